The molecule has 0 unspecified atom stereocenters. The van der Waals surface area contributed by atoms with Crippen molar-refractivity contribution in [2.24, 2.45) is 0 Å². The summed E-state index contributed by atoms with van der Waals surface area (Å²) in [7, 11) is 4.01. The maximum Gasteiger partial charge on any atom is 0.165 e. The zero-order valence-electron chi connectivity index (χ0n) is 22.3. The number of fused-ring (bicyclic) bond motifs is 1. The SMILES string of the molecule is CNc1ccccc1C(C)(C)C(=O)/C=C/C1=C(Cl)C(=C/C=C2/N(C)c3ccccc3C2(C)C)/CCC1. The third-order valence-corrected chi connectivity index (χ3v) is 8.25. The van der Waals surface area contributed by atoms with Crippen LogP contribution in [0.1, 0.15) is 58.1 Å². The second-order valence-corrected chi connectivity index (χ2v) is 11.1. The van der Waals surface area contributed by atoms with Crippen LogP contribution in [0.4, 0.5) is 11.4 Å². The normalized spacial score (nSPS) is 19.9. The highest BCUT2D eigenvalue weighted by molar-refractivity contribution is 6.32. The number of hydrogen-bond acceptors (Lipinski definition) is 3. The van der Waals surface area contributed by atoms with Crippen LogP contribution in [0.2, 0.25) is 0 Å². The van der Waals surface area contributed by atoms with E-state index >= 15 is 0 Å². The third kappa shape index (κ3) is 4.69. The summed E-state index contributed by atoms with van der Waals surface area (Å²) in [6.07, 6.45) is 10.8. The van der Waals surface area contributed by atoms with Crippen molar-refractivity contribution in [3.63, 3.8) is 0 Å². The Morgan fingerprint density at radius 2 is 1.75 bits per heavy atom. The van der Waals surface area contributed by atoms with Crippen LogP contribution >= 0.6 is 11.6 Å². The maximum atomic E-state index is 13.3. The van der Waals surface area contributed by atoms with Gasteiger partial charge in [-0.15, -0.1) is 0 Å². The summed E-state index contributed by atoms with van der Waals surface area (Å²) in [6.45, 7) is 8.49. The maximum absolute atomic E-state index is 13.3. The summed E-state index contributed by atoms with van der Waals surface area (Å²) in [4.78, 5) is 15.5. The lowest BCUT2D eigenvalue weighted by Crippen LogP contribution is -2.28. The van der Waals surface area contributed by atoms with Crippen molar-refractivity contribution < 1.29 is 4.79 Å². The van der Waals surface area contributed by atoms with Gasteiger partial charge in [-0.1, -0.05) is 74.0 Å². The van der Waals surface area contributed by atoms with Gasteiger partial charge in [-0.2, -0.15) is 0 Å². The van der Waals surface area contributed by atoms with Crippen molar-refractivity contribution in [3.05, 3.63) is 106 Å². The monoisotopic (exact) mass is 500 g/mol. The fourth-order valence-corrected chi connectivity index (χ4v) is 5.77. The van der Waals surface area contributed by atoms with Gasteiger partial charge in [-0.25, -0.2) is 0 Å². The molecule has 0 amide bonds. The van der Waals surface area contributed by atoms with Crippen molar-refractivity contribution in [1.29, 1.82) is 0 Å². The summed E-state index contributed by atoms with van der Waals surface area (Å²) < 4.78 is 0. The van der Waals surface area contributed by atoms with Crippen LogP contribution in [0, 0.1) is 0 Å². The molecule has 188 valence electrons. The van der Waals surface area contributed by atoms with E-state index in [1.165, 1.54) is 16.9 Å². The summed E-state index contributed by atoms with van der Waals surface area (Å²) in [5.41, 5.74) is 7.24. The first kappa shape index (κ1) is 26.0. The van der Waals surface area contributed by atoms with Crippen LogP contribution in [0.15, 0.2) is 94.7 Å². The van der Waals surface area contributed by atoms with Crippen molar-refractivity contribution in [3.8, 4) is 0 Å². The molecule has 2 aliphatic rings. The van der Waals surface area contributed by atoms with Gasteiger partial charge < -0.3 is 10.2 Å². The molecule has 0 radical (unpaired) electrons. The molecule has 1 aliphatic heterocycles. The largest absolute Gasteiger partial charge is 0.388 e. The van der Waals surface area contributed by atoms with E-state index in [1.54, 1.807) is 6.08 Å². The van der Waals surface area contributed by atoms with Gasteiger partial charge in [-0.3, -0.25) is 4.79 Å². The van der Waals surface area contributed by atoms with E-state index in [4.69, 9.17) is 11.6 Å². The highest BCUT2D eigenvalue weighted by atomic mass is 35.5. The van der Waals surface area contributed by atoms with Crippen molar-refractivity contribution >= 4 is 28.8 Å². The first-order valence-electron chi connectivity index (χ1n) is 12.7. The first-order valence-corrected chi connectivity index (χ1v) is 13.1. The van der Waals surface area contributed by atoms with Gasteiger partial charge in [0.05, 0.1) is 5.41 Å². The Balaban J connectivity index is 1.59. The lowest BCUT2D eigenvalue weighted by Gasteiger charge is -2.25. The molecule has 0 atom stereocenters. The molecule has 0 saturated heterocycles. The Morgan fingerprint density at radius 1 is 1.06 bits per heavy atom. The Morgan fingerprint density at radius 3 is 2.47 bits per heavy atom. The molecule has 36 heavy (non-hydrogen) atoms. The number of carbonyl (C=O) groups excluding carboxylic acids is 1. The summed E-state index contributed by atoms with van der Waals surface area (Å²) in [5.74, 6) is 0.0625. The molecule has 4 heteroatoms. The molecule has 2 aromatic carbocycles. The van der Waals surface area contributed by atoms with Crippen LogP contribution in [0.3, 0.4) is 0 Å². The number of rotatable bonds is 6. The van der Waals surface area contributed by atoms with Gasteiger partial charge in [0.25, 0.3) is 0 Å². The van der Waals surface area contributed by atoms with E-state index in [0.717, 1.165) is 46.7 Å². The van der Waals surface area contributed by atoms with Crippen molar-refractivity contribution in [2.45, 2.75) is 57.8 Å². The van der Waals surface area contributed by atoms with Gasteiger partial charge in [0, 0.05) is 41.6 Å². The number of para-hydroxylation sites is 2. The summed E-state index contributed by atoms with van der Waals surface area (Å²) in [5, 5.41) is 3.97. The number of allylic oxidation sites excluding steroid dienone is 8. The Hall–Kier alpha value is -3.04. The van der Waals surface area contributed by atoms with E-state index in [9.17, 15) is 4.79 Å². The molecular formula is C32H37ClN2O. The highest BCUT2D eigenvalue weighted by Gasteiger charge is 2.37. The fraction of sp³-hybridized carbons (Fsp3) is 0.344. The van der Waals surface area contributed by atoms with Crippen molar-refractivity contribution in [1.82, 2.24) is 0 Å². The van der Waals surface area contributed by atoms with E-state index in [0.29, 0.717) is 0 Å². The van der Waals surface area contributed by atoms with E-state index in [-0.39, 0.29) is 11.2 Å². The Kier molecular flexibility index (Phi) is 7.33. The van der Waals surface area contributed by atoms with Gasteiger partial charge in [-0.05, 0) is 79.7 Å². The number of nitrogens with one attached hydrogen (secondary N) is 1. The number of benzene rings is 2. The van der Waals surface area contributed by atoms with Gasteiger partial charge in [0.1, 0.15) is 0 Å². The highest BCUT2D eigenvalue weighted by Crippen LogP contribution is 2.47. The van der Waals surface area contributed by atoms with Gasteiger partial charge >= 0.3 is 0 Å². The summed E-state index contributed by atoms with van der Waals surface area (Å²) in [6, 6.07) is 16.5. The third-order valence-electron chi connectivity index (χ3n) is 7.76. The van der Waals surface area contributed by atoms with E-state index in [1.807, 2.05) is 51.2 Å². The van der Waals surface area contributed by atoms with Crippen LogP contribution in [0.5, 0.6) is 0 Å². The minimum atomic E-state index is -0.644. The van der Waals surface area contributed by atoms with Crippen LogP contribution in [0.25, 0.3) is 0 Å². The molecule has 0 aromatic heterocycles. The molecule has 0 bridgehead atoms. The molecular weight excluding hydrogens is 464 g/mol. The second kappa shape index (κ2) is 10.1. The number of carbonyl (C=O) groups is 1. The smallest absolute Gasteiger partial charge is 0.165 e. The average molecular weight is 501 g/mol. The molecule has 2 aromatic rings. The number of nitrogens with zero attached hydrogens (tertiary/aromatic N) is 1. The molecule has 1 aliphatic carbocycles. The number of likely N-dealkylation sites (N-methyl/N-ethyl adjacent to an activating group) is 1. The lowest BCUT2D eigenvalue weighted by molar-refractivity contribution is -0.118. The Bertz CT molecular complexity index is 1290. The fourth-order valence-electron chi connectivity index (χ4n) is 5.45. The average Bonchev–Trinajstić information content (AvgIpc) is 3.07. The minimum absolute atomic E-state index is 0.0625. The standard InChI is InChI=1S/C32H37ClN2O/c1-31(2)25-15-8-10-17-27(25)35(6)28(31)20-18-22-12-11-13-23(30(22)33)19-21-29(36)32(3,4)24-14-7-9-16-26(24)34-5/h7-10,14-21,34H,11-13H2,1-6H3/b21-19+,22-18+,28-20+. The number of halogens is 1. The van der Waals surface area contributed by atoms with Crippen LogP contribution in [-0.4, -0.2) is 19.9 Å². The molecule has 1 N–H and O–H groups in total. The van der Waals surface area contributed by atoms with Crippen LogP contribution < -0.4 is 10.2 Å². The zero-order chi connectivity index (χ0) is 26.1. The molecule has 0 saturated carbocycles. The molecule has 0 fully saturated rings. The second-order valence-electron chi connectivity index (χ2n) is 10.8. The number of hydrogen-bond donors (Lipinski definition) is 1. The first-order chi connectivity index (χ1) is 17.1. The van der Waals surface area contributed by atoms with E-state index in [2.05, 4.69) is 67.5 Å². The topological polar surface area (TPSA) is 32.3 Å². The number of anilines is 2. The zero-order valence-corrected chi connectivity index (χ0v) is 23.0. The van der Waals surface area contributed by atoms with Gasteiger partial charge in [0.15, 0.2) is 5.78 Å². The molecule has 0 spiro atoms. The molecule has 1 heterocycles. The molecule has 3 nitrogen and oxygen atoms in total. The lowest BCUT2D eigenvalue weighted by atomic mass is 9.79. The summed E-state index contributed by atoms with van der Waals surface area (Å²) >= 11 is 6.89. The molecule has 4 rings (SSSR count). The van der Waals surface area contributed by atoms with Gasteiger partial charge in [0.2, 0.25) is 0 Å². The van der Waals surface area contributed by atoms with Crippen molar-refractivity contribution in [2.75, 3.05) is 24.3 Å². The minimum Gasteiger partial charge on any atom is -0.388 e. The predicted molar refractivity (Wildman–Crippen MR) is 154 cm³/mol. The Labute approximate surface area is 221 Å². The number of ketones is 1. The van der Waals surface area contributed by atoms with Crippen LogP contribution in [-0.2, 0) is 15.6 Å². The predicted octanol–water partition coefficient (Wildman–Crippen LogP) is 8.05. The van der Waals surface area contributed by atoms with E-state index < -0.39 is 5.41 Å². The quantitative estimate of drug-likeness (QED) is 0.407.